The van der Waals surface area contributed by atoms with Crippen molar-refractivity contribution in [3.63, 3.8) is 0 Å². The zero-order valence-corrected chi connectivity index (χ0v) is 16.0. The number of hydrazine groups is 1. The van der Waals surface area contributed by atoms with Gasteiger partial charge in [0, 0.05) is 0 Å². The zero-order chi connectivity index (χ0) is 18.2. The zero-order valence-electron chi connectivity index (χ0n) is 16.0. The summed E-state index contributed by atoms with van der Waals surface area (Å²) in [7, 11) is 0. The minimum absolute atomic E-state index is 0.223. The molecule has 0 saturated carbocycles. The first kappa shape index (κ1) is 21.5. The van der Waals surface area contributed by atoms with Crippen molar-refractivity contribution in [3.8, 4) is 0 Å². The van der Waals surface area contributed by atoms with Crippen LogP contribution in [-0.2, 0) is 6.42 Å². The Bertz CT molecular complexity index is 437. The van der Waals surface area contributed by atoms with Crippen molar-refractivity contribution in [1.29, 1.82) is 0 Å². The molecule has 1 aromatic rings. The van der Waals surface area contributed by atoms with Gasteiger partial charge >= 0.3 is 0 Å². The first-order valence-corrected chi connectivity index (χ1v) is 10.2. The molecule has 1 rings (SSSR count). The van der Waals surface area contributed by atoms with Gasteiger partial charge in [0.1, 0.15) is 0 Å². The van der Waals surface area contributed by atoms with Gasteiger partial charge in [-0.05, 0) is 24.8 Å². The fourth-order valence-corrected chi connectivity index (χ4v) is 3.17. The van der Waals surface area contributed by atoms with E-state index >= 15 is 0 Å². The molecule has 0 fully saturated rings. The summed E-state index contributed by atoms with van der Waals surface area (Å²) in [5.41, 5.74) is 1.25. The molecule has 0 aliphatic carbocycles. The standard InChI is InChI=1S/C21H36N2O2/c1-2-3-4-5-6-7-8-9-10-14-19-22(23(24)25)20-15-18-21-16-12-11-13-17-21/h11-13,16-17H,2-10,14-15,18-20H2,1H3. The van der Waals surface area contributed by atoms with Gasteiger partial charge in [-0.25, -0.2) is 10.1 Å². The van der Waals surface area contributed by atoms with Crippen LogP contribution in [0.5, 0.6) is 0 Å². The molecule has 0 aromatic heterocycles. The van der Waals surface area contributed by atoms with Crippen molar-refractivity contribution in [1.82, 2.24) is 5.01 Å². The SMILES string of the molecule is CCCCCCCCCCCCN(CCCc1ccccc1)[N+](=O)[O-]. The average Bonchev–Trinajstić information content (AvgIpc) is 2.62. The number of unbranched alkanes of at least 4 members (excludes halogenated alkanes) is 9. The highest BCUT2D eigenvalue weighted by Gasteiger charge is 2.12. The molecule has 4 heteroatoms. The molecule has 0 amide bonds. The lowest BCUT2D eigenvalue weighted by Crippen LogP contribution is -2.32. The van der Waals surface area contributed by atoms with Crippen LogP contribution in [0.1, 0.15) is 83.1 Å². The molecule has 0 spiro atoms. The van der Waals surface area contributed by atoms with Crippen molar-refractivity contribution in [3.05, 3.63) is 46.0 Å². The van der Waals surface area contributed by atoms with Crippen LogP contribution in [0.3, 0.4) is 0 Å². The van der Waals surface area contributed by atoms with Crippen LogP contribution in [0.25, 0.3) is 0 Å². The minimum Gasteiger partial charge on any atom is -0.235 e. The molecule has 0 N–H and O–H groups in total. The largest absolute Gasteiger partial charge is 0.235 e. The van der Waals surface area contributed by atoms with E-state index in [1.54, 1.807) is 0 Å². The van der Waals surface area contributed by atoms with Gasteiger partial charge in [0.05, 0.1) is 13.1 Å². The molecule has 0 atom stereocenters. The van der Waals surface area contributed by atoms with Crippen LogP contribution >= 0.6 is 0 Å². The van der Waals surface area contributed by atoms with E-state index in [-0.39, 0.29) is 5.03 Å². The Morgan fingerprint density at radius 3 is 1.88 bits per heavy atom. The van der Waals surface area contributed by atoms with E-state index in [1.165, 1.54) is 61.9 Å². The van der Waals surface area contributed by atoms with Gasteiger partial charge in [-0.15, -0.1) is 5.01 Å². The Labute approximate surface area is 153 Å². The number of nitrogens with zero attached hydrogens (tertiary/aromatic N) is 2. The third kappa shape index (κ3) is 11.6. The maximum Gasteiger partial charge on any atom is 0.160 e. The van der Waals surface area contributed by atoms with Crippen molar-refractivity contribution in [2.45, 2.75) is 84.0 Å². The van der Waals surface area contributed by atoms with Crippen molar-refractivity contribution in [2.75, 3.05) is 13.1 Å². The Balaban J connectivity index is 2.02. The van der Waals surface area contributed by atoms with Crippen LogP contribution in [0.4, 0.5) is 0 Å². The summed E-state index contributed by atoms with van der Waals surface area (Å²) in [6.45, 7) is 3.37. The van der Waals surface area contributed by atoms with E-state index in [0.717, 1.165) is 25.7 Å². The Morgan fingerprint density at radius 2 is 1.32 bits per heavy atom. The van der Waals surface area contributed by atoms with E-state index in [1.807, 2.05) is 18.2 Å². The van der Waals surface area contributed by atoms with Crippen molar-refractivity contribution in [2.24, 2.45) is 0 Å². The second kappa shape index (κ2) is 14.7. The Hall–Kier alpha value is -1.58. The second-order valence-electron chi connectivity index (χ2n) is 6.96. The maximum absolute atomic E-state index is 11.2. The van der Waals surface area contributed by atoms with Gasteiger partial charge in [0.15, 0.2) is 5.03 Å². The summed E-state index contributed by atoms with van der Waals surface area (Å²) in [6, 6.07) is 10.2. The van der Waals surface area contributed by atoms with Gasteiger partial charge in [-0.3, -0.25) is 0 Å². The molecule has 0 saturated heterocycles. The van der Waals surface area contributed by atoms with Gasteiger partial charge in [0.2, 0.25) is 0 Å². The molecular formula is C21H36N2O2. The highest BCUT2D eigenvalue weighted by atomic mass is 16.7. The third-order valence-corrected chi connectivity index (χ3v) is 4.73. The minimum atomic E-state index is -0.223. The Morgan fingerprint density at radius 1 is 0.800 bits per heavy atom. The van der Waals surface area contributed by atoms with E-state index < -0.39 is 0 Å². The third-order valence-electron chi connectivity index (χ3n) is 4.73. The normalized spacial score (nSPS) is 10.8. The quantitative estimate of drug-likeness (QED) is 0.208. The van der Waals surface area contributed by atoms with E-state index in [2.05, 4.69) is 19.1 Å². The summed E-state index contributed by atoms with van der Waals surface area (Å²) in [6.07, 6.45) is 14.3. The molecule has 0 radical (unpaired) electrons. The predicted octanol–water partition coefficient (Wildman–Crippen LogP) is 6.03. The van der Waals surface area contributed by atoms with Crippen LogP contribution < -0.4 is 0 Å². The van der Waals surface area contributed by atoms with E-state index in [4.69, 9.17) is 0 Å². The van der Waals surface area contributed by atoms with Gasteiger partial charge < -0.3 is 0 Å². The molecule has 0 bridgehead atoms. The molecular weight excluding hydrogens is 312 g/mol. The van der Waals surface area contributed by atoms with Crippen LogP contribution in [0.2, 0.25) is 0 Å². The molecule has 142 valence electrons. The molecule has 25 heavy (non-hydrogen) atoms. The summed E-state index contributed by atoms with van der Waals surface area (Å²) in [5, 5.41) is 12.3. The summed E-state index contributed by atoms with van der Waals surface area (Å²) < 4.78 is 0. The van der Waals surface area contributed by atoms with Crippen LogP contribution in [0, 0.1) is 10.1 Å². The van der Waals surface area contributed by atoms with Crippen molar-refractivity contribution < 1.29 is 5.03 Å². The van der Waals surface area contributed by atoms with E-state index in [9.17, 15) is 10.1 Å². The van der Waals surface area contributed by atoms with Gasteiger partial charge in [0.25, 0.3) is 0 Å². The summed E-state index contributed by atoms with van der Waals surface area (Å²) in [5.74, 6) is 0. The smallest absolute Gasteiger partial charge is 0.160 e. The molecule has 0 aliphatic rings. The fourth-order valence-electron chi connectivity index (χ4n) is 3.17. The van der Waals surface area contributed by atoms with Crippen molar-refractivity contribution >= 4 is 0 Å². The summed E-state index contributed by atoms with van der Waals surface area (Å²) in [4.78, 5) is 11.2. The highest BCUT2D eigenvalue weighted by Crippen LogP contribution is 2.11. The highest BCUT2D eigenvalue weighted by molar-refractivity contribution is 5.14. The number of aryl methyl sites for hydroxylation is 1. The molecule has 0 aliphatic heterocycles. The second-order valence-corrected chi connectivity index (χ2v) is 6.96. The van der Waals surface area contributed by atoms with Gasteiger partial charge in [-0.1, -0.05) is 95.0 Å². The van der Waals surface area contributed by atoms with E-state index in [0.29, 0.717) is 13.1 Å². The number of hydrogen-bond donors (Lipinski definition) is 0. The van der Waals surface area contributed by atoms with Gasteiger partial charge in [-0.2, -0.15) is 0 Å². The van der Waals surface area contributed by atoms with Crippen LogP contribution in [0.15, 0.2) is 30.3 Å². The summed E-state index contributed by atoms with van der Waals surface area (Å²) >= 11 is 0. The average molecular weight is 349 g/mol. The lowest BCUT2D eigenvalue weighted by atomic mass is 10.1. The lowest BCUT2D eigenvalue weighted by Gasteiger charge is -2.14. The predicted molar refractivity (Wildman–Crippen MR) is 105 cm³/mol. The number of rotatable bonds is 16. The Kier molecular flexibility index (Phi) is 12.7. The lowest BCUT2D eigenvalue weighted by molar-refractivity contribution is -0.655. The topological polar surface area (TPSA) is 46.4 Å². The molecule has 0 heterocycles. The molecule has 4 nitrogen and oxygen atoms in total. The molecule has 1 aromatic carbocycles. The first-order valence-electron chi connectivity index (χ1n) is 10.2. The first-order chi connectivity index (χ1) is 12.2. The monoisotopic (exact) mass is 348 g/mol. The number of benzene rings is 1. The number of hydrogen-bond acceptors (Lipinski definition) is 2. The van der Waals surface area contributed by atoms with Crippen LogP contribution in [-0.4, -0.2) is 23.1 Å². The maximum atomic E-state index is 11.2. The fraction of sp³-hybridized carbons (Fsp3) is 0.714. The molecule has 0 unspecified atom stereocenters. The number of nitro groups is 1.